The van der Waals surface area contributed by atoms with Crippen molar-refractivity contribution in [3.05, 3.63) is 58.5 Å². The van der Waals surface area contributed by atoms with E-state index in [1.165, 1.54) is 11.8 Å². The van der Waals surface area contributed by atoms with Gasteiger partial charge in [-0.15, -0.1) is 0 Å². The molecule has 0 atom stereocenters. The van der Waals surface area contributed by atoms with Crippen LogP contribution >= 0.6 is 0 Å². The number of carbonyl (C=O) groups excluding carboxylic acids is 2. The van der Waals surface area contributed by atoms with Gasteiger partial charge >= 0.3 is 0 Å². The molecule has 2 amide bonds. The van der Waals surface area contributed by atoms with E-state index >= 15 is 0 Å². The van der Waals surface area contributed by atoms with Crippen LogP contribution in [-0.2, 0) is 22.4 Å². The maximum absolute atomic E-state index is 12.5. The Labute approximate surface area is 192 Å². The predicted octanol–water partition coefficient (Wildman–Crippen LogP) is 1.89. The highest BCUT2D eigenvalue weighted by molar-refractivity contribution is 5.98. The number of aryl methyl sites for hydroxylation is 2. The van der Waals surface area contributed by atoms with Gasteiger partial charge in [0.2, 0.25) is 5.91 Å². The van der Waals surface area contributed by atoms with Gasteiger partial charge in [-0.1, -0.05) is 12.1 Å². The molecule has 0 unspecified atom stereocenters. The van der Waals surface area contributed by atoms with Crippen LogP contribution < -0.4 is 11.1 Å². The molecule has 1 aromatic carbocycles. The molecule has 3 heterocycles. The second kappa shape index (κ2) is 10.1. The maximum Gasteiger partial charge on any atom is 0.254 e. The zero-order chi connectivity index (χ0) is 23.4. The molecule has 174 valence electrons. The molecule has 0 radical (unpaired) electrons. The molecule has 3 N–H and O–H groups in total. The van der Waals surface area contributed by atoms with Crippen molar-refractivity contribution in [2.45, 2.75) is 33.1 Å². The molecule has 2 aromatic heterocycles. The van der Waals surface area contributed by atoms with Crippen molar-refractivity contribution >= 4 is 23.1 Å². The van der Waals surface area contributed by atoms with Crippen molar-refractivity contribution in [3.8, 4) is 0 Å². The minimum atomic E-state index is -0.560. The van der Waals surface area contributed by atoms with E-state index in [1.807, 2.05) is 26.0 Å². The maximum atomic E-state index is 12.5. The van der Waals surface area contributed by atoms with E-state index in [2.05, 4.69) is 32.4 Å². The van der Waals surface area contributed by atoms with E-state index in [-0.39, 0.29) is 5.91 Å². The third-order valence-corrected chi connectivity index (χ3v) is 6.13. The normalized spacial score (nSPS) is 14.5. The lowest BCUT2D eigenvalue weighted by molar-refractivity contribution is -0.116. The van der Waals surface area contributed by atoms with Gasteiger partial charge in [0, 0.05) is 43.1 Å². The number of benzene rings is 1. The molecule has 0 spiro atoms. The summed E-state index contributed by atoms with van der Waals surface area (Å²) in [5.41, 5.74) is 10.7. The lowest BCUT2D eigenvalue weighted by Crippen LogP contribution is -2.37. The second-order valence-corrected chi connectivity index (χ2v) is 8.37. The number of nitrogens with zero attached hydrogens (tertiary/aromatic N) is 4. The number of primary amides is 1. The van der Waals surface area contributed by atoms with Crippen LogP contribution in [0.3, 0.4) is 0 Å². The molecular formula is C24H30N6O3. The van der Waals surface area contributed by atoms with Crippen LogP contribution in [0, 0.1) is 13.8 Å². The number of hydrogen-bond donors (Lipinski definition) is 2. The summed E-state index contributed by atoms with van der Waals surface area (Å²) in [5, 5.41) is 7.20. The highest BCUT2D eigenvalue weighted by Crippen LogP contribution is 2.19. The number of aromatic nitrogens is 3. The Balaban J connectivity index is 1.32. The van der Waals surface area contributed by atoms with E-state index in [0.717, 1.165) is 61.9 Å². The standard InChI is InChI=1S/C24H30N6O3/c1-16-20(17(2)30-24(27-16)21(15-26-30)23(25)32)7-8-22(31)28-19-5-3-18(4-6-19)9-10-29-11-13-33-14-12-29/h3-6,15H,7-14H2,1-2H3,(H2,25,32)(H,28,31). The minimum Gasteiger partial charge on any atom is -0.379 e. The fourth-order valence-electron chi connectivity index (χ4n) is 4.18. The molecule has 0 bridgehead atoms. The lowest BCUT2D eigenvalue weighted by atomic mass is 10.1. The van der Waals surface area contributed by atoms with Crippen LogP contribution in [-0.4, -0.2) is 64.2 Å². The zero-order valence-electron chi connectivity index (χ0n) is 19.1. The Hall–Kier alpha value is -3.30. The molecule has 9 heteroatoms. The minimum absolute atomic E-state index is 0.0618. The van der Waals surface area contributed by atoms with Gasteiger partial charge in [-0.3, -0.25) is 14.5 Å². The average molecular weight is 451 g/mol. The first-order valence-electron chi connectivity index (χ1n) is 11.2. The first kappa shape index (κ1) is 22.9. The molecular weight excluding hydrogens is 420 g/mol. The van der Waals surface area contributed by atoms with Crippen LogP contribution in [0.15, 0.2) is 30.5 Å². The third-order valence-electron chi connectivity index (χ3n) is 6.13. The number of carbonyl (C=O) groups is 2. The fourth-order valence-corrected chi connectivity index (χ4v) is 4.18. The van der Waals surface area contributed by atoms with E-state index in [9.17, 15) is 9.59 Å². The van der Waals surface area contributed by atoms with Gasteiger partial charge in [-0.25, -0.2) is 9.50 Å². The van der Waals surface area contributed by atoms with E-state index in [4.69, 9.17) is 10.5 Å². The van der Waals surface area contributed by atoms with Gasteiger partial charge in [-0.05, 0) is 49.9 Å². The Kier molecular flexibility index (Phi) is 7.00. The topological polar surface area (TPSA) is 115 Å². The van der Waals surface area contributed by atoms with Gasteiger partial charge in [0.15, 0.2) is 5.65 Å². The molecule has 1 aliphatic heterocycles. The summed E-state index contributed by atoms with van der Waals surface area (Å²) in [5.74, 6) is -0.621. The Morgan fingerprint density at radius 2 is 1.85 bits per heavy atom. The summed E-state index contributed by atoms with van der Waals surface area (Å²) in [6.07, 6.45) is 3.25. The number of amides is 2. The number of rotatable bonds is 8. The van der Waals surface area contributed by atoms with Crippen LogP contribution in [0.5, 0.6) is 0 Å². The van der Waals surface area contributed by atoms with Gasteiger partial charge in [-0.2, -0.15) is 5.10 Å². The van der Waals surface area contributed by atoms with Crippen molar-refractivity contribution in [3.63, 3.8) is 0 Å². The zero-order valence-corrected chi connectivity index (χ0v) is 19.1. The largest absolute Gasteiger partial charge is 0.379 e. The van der Waals surface area contributed by atoms with Crippen LogP contribution in [0.2, 0.25) is 0 Å². The molecule has 1 fully saturated rings. The van der Waals surface area contributed by atoms with Crippen molar-refractivity contribution in [2.75, 3.05) is 38.2 Å². The molecule has 0 aliphatic carbocycles. The van der Waals surface area contributed by atoms with Crippen LogP contribution in [0.25, 0.3) is 5.65 Å². The fraction of sp³-hybridized carbons (Fsp3) is 0.417. The first-order valence-corrected chi connectivity index (χ1v) is 11.2. The monoisotopic (exact) mass is 450 g/mol. The van der Waals surface area contributed by atoms with Gasteiger partial charge in [0.25, 0.3) is 5.91 Å². The van der Waals surface area contributed by atoms with Crippen LogP contribution in [0.4, 0.5) is 5.69 Å². The second-order valence-electron chi connectivity index (χ2n) is 8.37. The summed E-state index contributed by atoms with van der Waals surface area (Å²) in [6.45, 7) is 8.39. The molecule has 9 nitrogen and oxygen atoms in total. The summed E-state index contributed by atoms with van der Waals surface area (Å²) >= 11 is 0. The van der Waals surface area contributed by atoms with Crippen molar-refractivity contribution < 1.29 is 14.3 Å². The molecule has 3 aromatic rings. The van der Waals surface area contributed by atoms with E-state index in [1.54, 1.807) is 4.52 Å². The molecule has 33 heavy (non-hydrogen) atoms. The van der Waals surface area contributed by atoms with Crippen molar-refractivity contribution in [2.24, 2.45) is 5.73 Å². The average Bonchev–Trinajstić information content (AvgIpc) is 3.23. The van der Waals surface area contributed by atoms with E-state index in [0.29, 0.717) is 24.1 Å². The van der Waals surface area contributed by atoms with Gasteiger partial charge < -0.3 is 15.8 Å². The quantitative estimate of drug-likeness (QED) is 0.542. The smallest absolute Gasteiger partial charge is 0.254 e. The number of hydrogen-bond acceptors (Lipinski definition) is 6. The lowest BCUT2D eigenvalue weighted by Gasteiger charge is -2.26. The summed E-state index contributed by atoms with van der Waals surface area (Å²) in [6, 6.07) is 8.03. The summed E-state index contributed by atoms with van der Waals surface area (Å²) in [7, 11) is 0. The number of anilines is 1. The molecule has 1 aliphatic rings. The third kappa shape index (κ3) is 5.37. The number of ether oxygens (including phenoxy) is 1. The molecule has 1 saturated heterocycles. The van der Waals surface area contributed by atoms with Crippen molar-refractivity contribution in [1.29, 1.82) is 0 Å². The predicted molar refractivity (Wildman–Crippen MR) is 125 cm³/mol. The number of nitrogens with two attached hydrogens (primary N) is 1. The van der Waals surface area contributed by atoms with Gasteiger partial charge in [0.05, 0.1) is 19.4 Å². The van der Waals surface area contributed by atoms with Gasteiger partial charge in [0.1, 0.15) is 5.56 Å². The Morgan fingerprint density at radius 3 is 2.55 bits per heavy atom. The SMILES string of the molecule is Cc1nc2c(C(N)=O)cnn2c(C)c1CCC(=O)Nc1ccc(CCN2CCOCC2)cc1. The Morgan fingerprint density at radius 1 is 1.12 bits per heavy atom. The number of morpholine rings is 1. The summed E-state index contributed by atoms with van der Waals surface area (Å²) < 4.78 is 6.99. The van der Waals surface area contributed by atoms with E-state index < -0.39 is 5.91 Å². The number of fused-ring (bicyclic) bond motifs is 1. The number of nitrogens with one attached hydrogen (secondary N) is 1. The van der Waals surface area contributed by atoms with Crippen LogP contribution in [0.1, 0.15) is 39.3 Å². The molecule has 4 rings (SSSR count). The first-order chi connectivity index (χ1) is 15.9. The van der Waals surface area contributed by atoms with Crippen molar-refractivity contribution in [1.82, 2.24) is 19.5 Å². The molecule has 0 saturated carbocycles. The Bertz CT molecular complexity index is 1150. The summed E-state index contributed by atoms with van der Waals surface area (Å²) in [4.78, 5) is 31.0. The highest BCUT2D eigenvalue weighted by atomic mass is 16.5. The highest BCUT2D eigenvalue weighted by Gasteiger charge is 2.17.